The third-order valence-corrected chi connectivity index (χ3v) is 7.89. The van der Waals surface area contributed by atoms with Crippen molar-refractivity contribution in [3.8, 4) is 5.75 Å². The number of nitrogens with one attached hydrogen (secondary N) is 1. The van der Waals surface area contributed by atoms with Gasteiger partial charge in [-0.25, -0.2) is 4.99 Å². The summed E-state index contributed by atoms with van der Waals surface area (Å²) in [5.74, 6) is 0.332. The summed E-state index contributed by atoms with van der Waals surface area (Å²) in [5.41, 5.74) is 3.22. The number of carbonyl (C=O) groups excluding carboxylic acids is 2. The van der Waals surface area contributed by atoms with Crippen LogP contribution in [0.4, 0.5) is 11.4 Å². The first kappa shape index (κ1) is 28.5. The molecule has 1 saturated heterocycles. The van der Waals surface area contributed by atoms with Crippen molar-refractivity contribution in [2.75, 3.05) is 11.9 Å². The Balaban J connectivity index is 1.43. The van der Waals surface area contributed by atoms with Crippen LogP contribution in [0.5, 0.6) is 5.75 Å². The summed E-state index contributed by atoms with van der Waals surface area (Å²) >= 11 is 7.41. The molecule has 1 heterocycles. The average molecular weight is 584 g/mol. The Kier molecular flexibility index (Phi) is 9.39. The van der Waals surface area contributed by atoms with Crippen LogP contribution >= 0.6 is 23.4 Å². The summed E-state index contributed by atoms with van der Waals surface area (Å²) in [5, 5.41) is 3.42. The van der Waals surface area contributed by atoms with Crippen molar-refractivity contribution in [3.63, 3.8) is 0 Å². The molecule has 0 radical (unpaired) electrons. The van der Waals surface area contributed by atoms with Gasteiger partial charge < -0.3 is 10.1 Å². The summed E-state index contributed by atoms with van der Waals surface area (Å²) < 4.78 is 5.62. The van der Waals surface area contributed by atoms with Gasteiger partial charge in [0.25, 0.3) is 0 Å². The van der Waals surface area contributed by atoms with Gasteiger partial charge in [0.1, 0.15) is 11.0 Å². The topological polar surface area (TPSA) is 71.0 Å². The van der Waals surface area contributed by atoms with Gasteiger partial charge in [-0.15, -0.1) is 0 Å². The lowest BCUT2D eigenvalue weighted by atomic mass is 9.97. The van der Waals surface area contributed by atoms with Gasteiger partial charge in [-0.2, -0.15) is 0 Å². The molecule has 1 fully saturated rings. The van der Waals surface area contributed by atoms with E-state index in [2.05, 4.69) is 5.32 Å². The minimum absolute atomic E-state index is 0.00399. The molecule has 0 aliphatic carbocycles. The molecule has 1 aliphatic heterocycles. The third-order valence-electron chi connectivity index (χ3n) is 6.49. The number of nitrogens with zero attached hydrogens (tertiary/aromatic N) is 2. The number of carbonyl (C=O) groups is 2. The molecule has 8 heteroatoms. The van der Waals surface area contributed by atoms with Crippen LogP contribution in [-0.2, 0) is 9.59 Å². The number of rotatable bonds is 10. The lowest BCUT2D eigenvalue weighted by molar-refractivity contribution is -0.129. The van der Waals surface area contributed by atoms with Gasteiger partial charge in [0.2, 0.25) is 11.8 Å². The van der Waals surface area contributed by atoms with Crippen molar-refractivity contribution in [2.24, 2.45) is 4.99 Å². The van der Waals surface area contributed by atoms with Gasteiger partial charge in [-0.05, 0) is 66.1 Å². The average Bonchev–Trinajstić information content (AvgIpc) is 3.28. The number of amidine groups is 1. The number of amides is 2. The molecule has 1 atom stereocenters. The van der Waals surface area contributed by atoms with Gasteiger partial charge >= 0.3 is 0 Å². The van der Waals surface area contributed by atoms with Gasteiger partial charge in [0.05, 0.1) is 18.3 Å². The largest absolute Gasteiger partial charge is 0.494 e. The molecule has 1 aliphatic rings. The number of thioether (sulfide) groups is 1. The summed E-state index contributed by atoms with van der Waals surface area (Å²) in [4.78, 5) is 33.8. The van der Waals surface area contributed by atoms with Gasteiger partial charge in [0, 0.05) is 17.1 Å². The standard InChI is InChI=1S/C33H30ClN3O3S/c1-2-21-40-28-19-17-26(18-20-28)35-30(38)22-29-32(39)37(33(41-29)36-27-15-13-25(34)14-16-27)31(23-9-5-3-6-10-23)24-11-7-4-8-12-24/h3-20,29,31H,2,21-22H2,1H3,(H,35,38)/t29-/m0/s1. The second kappa shape index (κ2) is 13.5. The highest BCUT2D eigenvalue weighted by molar-refractivity contribution is 8.15. The first-order chi connectivity index (χ1) is 20.0. The number of anilines is 1. The molecule has 6 nitrogen and oxygen atoms in total. The molecule has 4 aromatic rings. The quantitative estimate of drug-likeness (QED) is 0.206. The van der Waals surface area contributed by atoms with E-state index in [1.165, 1.54) is 11.8 Å². The summed E-state index contributed by atoms with van der Waals surface area (Å²) in [6.45, 7) is 2.68. The molecule has 41 heavy (non-hydrogen) atoms. The Morgan fingerprint density at radius 2 is 1.54 bits per heavy atom. The van der Waals surface area contributed by atoms with Crippen molar-refractivity contribution in [1.82, 2.24) is 4.90 Å². The summed E-state index contributed by atoms with van der Waals surface area (Å²) in [7, 11) is 0. The van der Waals surface area contributed by atoms with Crippen molar-refractivity contribution < 1.29 is 14.3 Å². The third kappa shape index (κ3) is 7.17. The summed E-state index contributed by atoms with van der Waals surface area (Å²) in [6, 6.07) is 33.7. The van der Waals surface area contributed by atoms with E-state index in [1.807, 2.05) is 91.9 Å². The zero-order chi connectivity index (χ0) is 28.6. The first-order valence-corrected chi connectivity index (χ1v) is 14.7. The Bertz CT molecular complexity index is 1460. The maximum absolute atomic E-state index is 14.1. The van der Waals surface area contributed by atoms with E-state index in [4.69, 9.17) is 21.3 Å². The Hall–Kier alpha value is -4.07. The van der Waals surface area contributed by atoms with Crippen LogP contribution in [0.3, 0.4) is 0 Å². The van der Waals surface area contributed by atoms with Crippen molar-refractivity contribution in [1.29, 1.82) is 0 Å². The molecule has 5 rings (SSSR count). The monoisotopic (exact) mass is 583 g/mol. The van der Waals surface area contributed by atoms with E-state index < -0.39 is 11.3 Å². The van der Waals surface area contributed by atoms with Crippen LogP contribution in [0.15, 0.2) is 114 Å². The maximum atomic E-state index is 14.1. The fraction of sp³-hybridized carbons (Fsp3) is 0.182. The van der Waals surface area contributed by atoms with E-state index in [0.717, 1.165) is 23.3 Å². The highest BCUT2D eigenvalue weighted by Gasteiger charge is 2.43. The second-order valence-electron chi connectivity index (χ2n) is 9.53. The maximum Gasteiger partial charge on any atom is 0.243 e. The zero-order valence-corrected chi connectivity index (χ0v) is 24.1. The Morgan fingerprint density at radius 3 is 2.12 bits per heavy atom. The second-order valence-corrected chi connectivity index (χ2v) is 11.1. The number of benzene rings is 4. The van der Waals surface area contributed by atoms with Crippen LogP contribution < -0.4 is 10.1 Å². The predicted molar refractivity (Wildman–Crippen MR) is 167 cm³/mol. The predicted octanol–water partition coefficient (Wildman–Crippen LogP) is 7.88. The highest BCUT2D eigenvalue weighted by Crippen LogP contribution is 2.40. The minimum Gasteiger partial charge on any atom is -0.494 e. The molecule has 0 bridgehead atoms. The van der Waals surface area contributed by atoms with Gasteiger partial charge in [0.15, 0.2) is 5.17 Å². The van der Waals surface area contributed by atoms with Crippen LogP contribution in [0, 0.1) is 0 Å². The van der Waals surface area contributed by atoms with E-state index in [0.29, 0.717) is 28.2 Å². The fourth-order valence-electron chi connectivity index (χ4n) is 4.55. The van der Waals surface area contributed by atoms with Gasteiger partial charge in [-0.1, -0.05) is 91.0 Å². The lowest BCUT2D eigenvalue weighted by Crippen LogP contribution is -2.37. The number of ether oxygens (including phenoxy) is 1. The fourth-order valence-corrected chi connectivity index (χ4v) is 5.85. The van der Waals surface area contributed by atoms with E-state index in [-0.39, 0.29) is 18.2 Å². The number of hydrogen-bond donors (Lipinski definition) is 1. The van der Waals surface area contributed by atoms with Crippen LogP contribution in [0.2, 0.25) is 5.02 Å². The molecule has 2 amide bonds. The molecule has 1 N–H and O–H groups in total. The van der Waals surface area contributed by atoms with Crippen molar-refractivity contribution in [2.45, 2.75) is 31.1 Å². The van der Waals surface area contributed by atoms with Crippen LogP contribution in [0.25, 0.3) is 0 Å². The number of hydrogen-bond acceptors (Lipinski definition) is 5. The molecule has 0 spiro atoms. The Labute approximate surface area is 249 Å². The molecular formula is C33H30ClN3O3S. The van der Waals surface area contributed by atoms with E-state index in [9.17, 15) is 9.59 Å². The Morgan fingerprint density at radius 1 is 0.927 bits per heavy atom. The smallest absolute Gasteiger partial charge is 0.243 e. The SMILES string of the molecule is CCCOc1ccc(NC(=O)C[C@@H]2SC(=Nc3ccc(Cl)cc3)N(C(c3ccccc3)c3ccccc3)C2=O)cc1. The molecule has 0 saturated carbocycles. The first-order valence-electron chi connectivity index (χ1n) is 13.5. The molecule has 0 aromatic heterocycles. The normalized spacial score (nSPS) is 15.9. The highest BCUT2D eigenvalue weighted by atomic mass is 35.5. The summed E-state index contributed by atoms with van der Waals surface area (Å²) in [6.07, 6.45) is 0.922. The van der Waals surface area contributed by atoms with Crippen LogP contribution in [0.1, 0.15) is 36.9 Å². The van der Waals surface area contributed by atoms with Gasteiger partial charge in [-0.3, -0.25) is 14.5 Å². The number of halogens is 1. The molecule has 208 valence electrons. The van der Waals surface area contributed by atoms with Crippen molar-refractivity contribution in [3.05, 3.63) is 125 Å². The van der Waals surface area contributed by atoms with E-state index >= 15 is 0 Å². The van der Waals surface area contributed by atoms with Crippen LogP contribution in [-0.4, -0.2) is 33.7 Å². The zero-order valence-electron chi connectivity index (χ0n) is 22.6. The molecule has 0 unspecified atom stereocenters. The lowest BCUT2D eigenvalue weighted by Gasteiger charge is -2.29. The number of aliphatic imine (C=N–C) groups is 1. The minimum atomic E-state index is -0.636. The van der Waals surface area contributed by atoms with Crippen molar-refractivity contribution >= 4 is 51.7 Å². The van der Waals surface area contributed by atoms with E-state index in [1.54, 1.807) is 29.2 Å². The molecular weight excluding hydrogens is 554 g/mol. The molecule has 4 aromatic carbocycles.